The van der Waals surface area contributed by atoms with E-state index in [0.717, 1.165) is 24.8 Å². The quantitative estimate of drug-likeness (QED) is 0.758. The first-order valence-corrected chi connectivity index (χ1v) is 6.49. The third-order valence-electron chi connectivity index (χ3n) is 3.44. The number of urea groups is 1. The minimum Gasteiger partial charge on any atom is -0.393 e. The van der Waals surface area contributed by atoms with E-state index in [-0.39, 0.29) is 18.1 Å². The maximum atomic E-state index is 11.6. The molecule has 1 aromatic rings. The van der Waals surface area contributed by atoms with Crippen molar-refractivity contribution < 1.29 is 9.90 Å². The predicted molar refractivity (Wildman–Crippen MR) is 70.0 cm³/mol. The van der Waals surface area contributed by atoms with Crippen molar-refractivity contribution in [2.24, 2.45) is 5.92 Å². The van der Waals surface area contributed by atoms with Gasteiger partial charge in [-0.1, -0.05) is 36.8 Å². The molecule has 2 atom stereocenters. The summed E-state index contributed by atoms with van der Waals surface area (Å²) in [4.78, 5) is 11.6. The lowest BCUT2D eigenvalue weighted by Gasteiger charge is -2.15. The molecular formula is C14H20N2O2. The van der Waals surface area contributed by atoms with Gasteiger partial charge in [0.25, 0.3) is 0 Å². The van der Waals surface area contributed by atoms with Crippen molar-refractivity contribution in [3.05, 3.63) is 35.9 Å². The van der Waals surface area contributed by atoms with Crippen LogP contribution in [0.2, 0.25) is 0 Å². The van der Waals surface area contributed by atoms with E-state index in [0.29, 0.717) is 13.1 Å². The summed E-state index contributed by atoms with van der Waals surface area (Å²) in [6.45, 7) is 1.09. The minimum absolute atomic E-state index is 0.169. The van der Waals surface area contributed by atoms with Crippen molar-refractivity contribution in [3.63, 3.8) is 0 Å². The molecule has 1 fully saturated rings. The molecule has 0 saturated heterocycles. The number of aliphatic hydroxyl groups is 1. The maximum Gasteiger partial charge on any atom is 0.315 e. The first-order chi connectivity index (χ1) is 8.75. The molecule has 2 amide bonds. The Hall–Kier alpha value is -1.55. The van der Waals surface area contributed by atoms with Crippen LogP contribution in [0.4, 0.5) is 4.79 Å². The number of benzene rings is 1. The molecule has 18 heavy (non-hydrogen) atoms. The summed E-state index contributed by atoms with van der Waals surface area (Å²) in [5.41, 5.74) is 1.08. The van der Waals surface area contributed by atoms with Crippen LogP contribution in [0.3, 0.4) is 0 Å². The highest BCUT2D eigenvalue weighted by Crippen LogP contribution is 2.24. The Morgan fingerprint density at radius 3 is 2.67 bits per heavy atom. The first-order valence-electron chi connectivity index (χ1n) is 6.49. The van der Waals surface area contributed by atoms with Crippen LogP contribution in [0.5, 0.6) is 0 Å². The number of carbonyl (C=O) groups is 1. The third kappa shape index (κ3) is 3.74. The van der Waals surface area contributed by atoms with Crippen molar-refractivity contribution in [1.29, 1.82) is 0 Å². The van der Waals surface area contributed by atoms with E-state index in [4.69, 9.17) is 0 Å². The Kier molecular flexibility index (Phi) is 4.59. The molecule has 0 radical (unpaired) electrons. The standard InChI is InChI=1S/C14H20N2O2/c17-13-8-4-7-12(13)10-16-14(18)15-9-11-5-2-1-3-6-11/h1-3,5-6,12-13,17H,4,7-10H2,(H2,15,16,18). The lowest BCUT2D eigenvalue weighted by Crippen LogP contribution is -2.39. The van der Waals surface area contributed by atoms with Gasteiger partial charge in [0.05, 0.1) is 6.10 Å². The number of hydrogen-bond acceptors (Lipinski definition) is 2. The highest BCUT2D eigenvalue weighted by Gasteiger charge is 2.25. The summed E-state index contributed by atoms with van der Waals surface area (Å²) in [7, 11) is 0. The highest BCUT2D eigenvalue weighted by atomic mass is 16.3. The van der Waals surface area contributed by atoms with Gasteiger partial charge in [-0.15, -0.1) is 0 Å². The average Bonchev–Trinajstić information content (AvgIpc) is 2.81. The van der Waals surface area contributed by atoms with E-state index in [9.17, 15) is 9.90 Å². The second-order valence-corrected chi connectivity index (χ2v) is 4.81. The van der Waals surface area contributed by atoms with Crippen LogP contribution < -0.4 is 10.6 Å². The topological polar surface area (TPSA) is 61.4 Å². The number of hydrogen-bond donors (Lipinski definition) is 3. The Morgan fingerprint density at radius 1 is 1.22 bits per heavy atom. The molecular weight excluding hydrogens is 228 g/mol. The van der Waals surface area contributed by atoms with E-state index >= 15 is 0 Å². The molecule has 1 aliphatic carbocycles. The van der Waals surface area contributed by atoms with E-state index < -0.39 is 0 Å². The second kappa shape index (κ2) is 6.40. The molecule has 1 aliphatic rings. The number of aliphatic hydroxyl groups excluding tert-OH is 1. The molecule has 2 rings (SSSR count). The summed E-state index contributed by atoms with van der Waals surface area (Å²) in [6, 6.07) is 9.62. The molecule has 0 heterocycles. The number of amides is 2. The predicted octanol–water partition coefficient (Wildman–Crippen LogP) is 1.65. The van der Waals surface area contributed by atoms with Crippen molar-refractivity contribution in [3.8, 4) is 0 Å². The molecule has 0 bridgehead atoms. The second-order valence-electron chi connectivity index (χ2n) is 4.81. The van der Waals surface area contributed by atoms with Crippen LogP contribution >= 0.6 is 0 Å². The van der Waals surface area contributed by atoms with Crippen LogP contribution in [0.25, 0.3) is 0 Å². The zero-order valence-electron chi connectivity index (χ0n) is 10.4. The first kappa shape index (κ1) is 12.9. The van der Waals surface area contributed by atoms with Crippen molar-refractivity contribution >= 4 is 6.03 Å². The molecule has 0 aromatic heterocycles. The molecule has 1 aromatic carbocycles. The summed E-state index contributed by atoms with van der Waals surface area (Å²) in [6.07, 6.45) is 2.66. The molecule has 2 unspecified atom stereocenters. The molecule has 3 N–H and O–H groups in total. The van der Waals surface area contributed by atoms with Crippen LogP contribution in [-0.4, -0.2) is 23.8 Å². The number of rotatable bonds is 4. The SMILES string of the molecule is O=C(NCc1ccccc1)NCC1CCCC1O. The lowest BCUT2D eigenvalue weighted by molar-refractivity contribution is 0.132. The van der Waals surface area contributed by atoms with Gasteiger partial charge in [-0.25, -0.2) is 4.79 Å². The van der Waals surface area contributed by atoms with Gasteiger partial charge < -0.3 is 15.7 Å². The monoisotopic (exact) mass is 248 g/mol. The Balaban J connectivity index is 1.66. The van der Waals surface area contributed by atoms with Crippen molar-refractivity contribution in [1.82, 2.24) is 10.6 Å². The van der Waals surface area contributed by atoms with E-state index in [2.05, 4.69) is 10.6 Å². The normalized spacial score (nSPS) is 22.7. The third-order valence-corrected chi connectivity index (χ3v) is 3.44. The maximum absolute atomic E-state index is 11.6. The molecule has 98 valence electrons. The smallest absolute Gasteiger partial charge is 0.315 e. The molecule has 1 saturated carbocycles. The number of nitrogens with one attached hydrogen (secondary N) is 2. The van der Waals surface area contributed by atoms with E-state index in [1.54, 1.807) is 0 Å². The Bertz CT molecular complexity index is 381. The van der Waals surface area contributed by atoms with Gasteiger partial charge >= 0.3 is 6.03 Å². The van der Waals surface area contributed by atoms with Gasteiger partial charge in [-0.2, -0.15) is 0 Å². The number of carbonyl (C=O) groups excluding carboxylic acids is 1. The van der Waals surface area contributed by atoms with Crippen LogP contribution in [0.1, 0.15) is 24.8 Å². The molecule has 0 spiro atoms. The largest absolute Gasteiger partial charge is 0.393 e. The van der Waals surface area contributed by atoms with Gasteiger partial charge in [0.15, 0.2) is 0 Å². The van der Waals surface area contributed by atoms with Crippen LogP contribution in [0, 0.1) is 5.92 Å². The zero-order chi connectivity index (χ0) is 12.8. The van der Waals surface area contributed by atoms with Gasteiger partial charge in [0.1, 0.15) is 0 Å². The van der Waals surface area contributed by atoms with Gasteiger partial charge in [-0.05, 0) is 18.4 Å². The summed E-state index contributed by atoms with van der Waals surface area (Å²) >= 11 is 0. The minimum atomic E-state index is -0.251. The zero-order valence-corrected chi connectivity index (χ0v) is 10.4. The van der Waals surface area contributed by atoms with Crippen molar-refractivity contribution in [2.45, 2.75) is 31.9 Å². The molecule has 0 aliphatic heterocycles. The summed E-state index contributed by atoms with van der Waals surface area (Å²) in [5, 5.41) is 15.3. The molecule has 4 nitrogen and oxygen atoms in total. The van der Waals surface area contributed by atoms with E-state index in [1.165, 1.54) is 0 Å². The summed E-state index contributed by atoms with van der Waals surface area (Å²) in [5.74, 6) is 0.215. The fourth-order valence-corrected chi connectivity index (χ4v) is 2.32. The highest BCUT2D eigenvalue weighted by molar-refractivity contribution is 5.73. The van der Waals surface area contributed by atoms with Crippen LogP contribution in [0.15, 0.2) is 30.3 Å². The van der Waals surface area contributed by atoms with Gasteiger partial charge in [-0.3, -0.25) is 0 Å². The van der Waals surface area contributed by atoms with Gasteiger partial charge in [0, 0.05) is 19.0 Å². The fourth-order valence-electron chi connectivity index (χ4n) is 2.32. The summed E-state index contributed by atoms with van der Waals surface area (Å²) < 4.78 is 0. The van der Waals surface area contributed by atoms with Gasteiger partial charge in [0.2, 0.25) is 0 Å². The molecule has 4 heteroatoms. The van der Waals surface area contributed by atoms with Crippen molar-refractivity contribution in [2.75, 3.05) is 6.54 Å². The Labute approximate surface area is 107 Å². The average molecular weight is 248 g/mol. The fraction of sp³-hybridized carbons (Fsp3) is 0.500. The van der Waals surface area contributed by atoms with Crippen LogP contribution in [-0.2, 0) is 6.54 Å². The lowest BCUT2D eigenvalue weighted by atomic mass is 10.1. The Morgan fingerprint density at radius 2 is 2.00 bits per heavy atom. The van der Waals surface area contributed by atoms with E-state index in [1.807, 2.05) is 30.3 Å².